The fraction of sp³-hybridized carbons (Fsp3) is 0.400. The molecule has 0 aromatic heterocycles. The lowest BCUT2D eigenvalue weighted by molar-refractivity contribution is -0.150. The van der Waals surface area contributed by atoms with Crippen LogP contribution in [-0.4, -0.2) is 19.4 Å². The van der Waals surface area contributed by atoms with Crippen LogP contribution in [0.25, 0.3) is 0 Å². The van der Waals surface area contributed by atoms with Gasteiger partial charge in [-0.25, -0.2) is 13.2 Å². The predicted molar refractivity (Wildman–Crippen MR) is 49.2 cm³/mol. The first-order valence-electron chi connectivity index (χ1n) is 4.48. The highest BCUT2D eigenvalue weighted by atomic mass is 19.3. The molecule has 1 atom stereocenters. The Balaban J connectivity index is 3.03. The second-order valence-corrected chi connectivity index (χ2v) is 3.25. The van der Waals surface area contributed by atoms with E-state index in [1.54, 1.807) is 0 Å². The summed E-state index contributed by atoms with van der Waals surface area (Å²) in [6.45, 7) is 0. The van der Waals surface area contributed by atoms with Crippen LogP contribution in [0.2, 0.25) is 0 Å². The highest BCUT2D eigenvalue weighted by Crippen LogP contribution is 2.36. The molecule has 0 saturated heterocycles. The lowest BCUT2D eigenvalue weighted by atomic mass is 10.0. The van der Waals surface area contributed by atoms with Gasteiger partial charge in [-0.2, -0.15) is 8.78 Å². The van der Waals surface area contributed by atoms with Gasteiger partial charge < -0.3 is 5.32 Å². The third-order valence-electron chi connectivity index (χ3n) is 2.17. The zero-order chi connectivity index (χ0) is 12.3. The number of alkyl halides is 4. The Labute approximate surface area is 89.3 Å². The van der Waals surface area contributed by atoms with E-state index < -0.39 is 24.2 Å². The molecule has 1 aromatic rings. The minimum Gasteiger partial charge on any atom is -0.308 e. The van der Waals surface area contributed by atoms with Gasteiger partial charge in [-0.05, 0) is 24.7 Å². The zero-order valence-corrected chi connectivity index (χ0v) is 8.35. The average Bonchev–Trinajstić information content (AvgIpc) is 2.21. The SMILES string of the molecule is CNC(c1ccc(F)cc1)C(F)(F)C(F)F. The molecule has 0 radical (unpaired) electrons. The summed E-state index contributed by atoms with van der Waals surface area (Å²) in [6.07, 6.45) is -3.78. The van der Waals surface area contributed by atoms with Crippen molar-refractivity contribution < 1.29 is 22.0 Å². The van der Waals surface area contributed by atoms with Crippen molar-refractivity contribution in [2.45, 2.75) is 18.4 Å². The van der Waals surface area contributed by atoms with E-state index in [0.717, 1.165) is 31.3 Å². The Morgan fingerprint density at radius 3 is 2.00 bits per heavy atom. The third-order valence-corrected chi connectivity index (χ3v) is 2.17. The number of hydrogen-bond acceptors (Lipinski definition) is 1. The molecule has 0 spiro atoms. The van der Waals surface area contributed by atoms with Gasteiger partial charge in [0.2, 0.25) is 0 Å². The van der Waals surface area contributed by atoms with Crippen molar-refractivity contribution in [3.63, 3.8) is 0 Å². The maximum atomic E-state index is 13.1. The van der Waals surface area contributed by atoms with Crippen molar-refractivity contribution in [3.8, 4) is 0 Å². The van der Waals surface area contributed by atoms with E-state index in [9.17, 15) is 22.0 Å². The second kappa shape index (κ2) is 4.78. The lowest BCUT2D eigenvalue weighted by Gasteiger charge is -2.26. The summed E-state index contributed by atoms with van der Waals surface area (Å²) in [7, 11) is 1.14. The molecule has 0 fully saturated rings. The third kappa shape index (κ3) is 2.49. The molecule has 1 unspecified atom stereocenters. The molecule has 0 bridgehead atoms. The van der Waals surface area contributed by atoms with Crippen molar-refractivity contribution >= 4 is 0 Å². The molecular weight excluding hydrogens is 229 g/mol. The van der Waals surface area contributed by atoms with Crippen LogP contribution < -0.4 is 5.32 Å². The molecule has 90 valence electrons. The summed E-state index contributed by atoms with van der Waals surface area (Å²) in [4.78, 5) is 0. The summed E-state index contributed by atoms with van der Waals surface area (Å²) in [5, 5.41) is 2.11. The van der Waals surface area contributed by atoms with Gasteiger partial charge in [0.05, 0.1) is 0 Å². The van der Waals surface area contributed by atoms with Crippen molar-refractivity contribution in [1.82, 2.24) is 5.32 Å². The Kier molecular flexibility index (Phi) is 3.85. The number of benzene rings is 1. The van der Waals surface area contributed by atoms with Crippen LogP contribution in [0.1, 0.15) is 11.6 Å². The van der Waals surface area contributed by atoms with Gasteiger partial charge in [0.1, 0.15) is 11.9 Å². The molecule has 0 heterocycles. The predicted octanol–water partition coefficient (Wildman–Crippen LogP) is 2.99. The fourth-order valence-electron chi connectivity index (χ4n) is 1.36. The fourth-order valence-corrected chi connectivity index (χ4v) is 1.36. The maximum absolute atomic E-state index is 13.1. The van der Waals surface area contributed by atoms with Crippen LogP contribution in [0, 0.1) is 5.82 Å². The van der Waals surface area contributed by atoms with E-state index in [1.165, 1.54) is 0 Å². The molecule has 1 aromatic carbocycles. The summed E-state index contributed by atoms with van der Waals surface area (Å²) in [6, 6.07) is 2.15. The molecule has 0 saturated carbocycles. The molecular formula is C10H10F5N. The van der Waals surface area contributed by atoms with Crippen molar-refractivity contribution in [3.05, 3.63) is 35.6 Å². The van der Waals surface area contributed by atoms with Crippen LogP contribution in [0.3, 0.4) is 0 Å². The van der Waals surface area contributed by atoms with E-state index in [0.29, 0.717) is 0 Å². The Bertz CT molecular complexity index is 336. The van der Waals surface area contributed by atoms with E-state index >= 15 is 0 Å². The number of hydrogen-bond donors (Lipinski definition) is 1. The Morgan fingerprint density at radius 1 is 1.12 bits per heavy atom. The van der Waals surface area contributed by atoms with Crippen molar-refractivity contribution in [2.24, 2.45) is 0 Å². The van der Waals surface area contributed by atoms with Crippen molar-refractivity contribution in [2.75, 3.05) is 7.05 Å². The van der Waals surface area contributed by atoms with Crippen LogP contribution in [0.15, 0.2) is 24.3 Å². The normalized spacial score (nSPS) is 14.2. The van der Waals surface area contributed by atoms with Crippen LogP contribution in [0.4, 0.5) is 22.0 Å². The number of nitrogens with one attached hydrogen (secondary N) is 1. The molecule has 6 heteroatoms. The van der Waals surface area contributed by atoms with E-state index in [4.69, 9.17) is 0 Å². The average molecular weight is 239 g/mol. The van der Waals surface area contributed by atoms with Crippen LogP contribution >= 0.6 is 0 Å². The van der Waals surface area contributed by atoms with Crippen LogP contribution in [0.5, 0.6) is 0 Å². The van der Waals surface area contributed by atoms with Gasteiger partial charge in [-0.15, -0.1) is 0 Å². The van der Waals surface area contributed by atoms with E-state index in [-0.39, 0.29) is 5.56 Å². The Morgan fingerprint density at radius 2 is 1.62 bits per heavy atom. The van der Waals surface area contributed by atoms with Gasteiger partial charge in [-0.3, -0.25) is 0 Å². The molecule has 1 nitrogen and oxygen atoms in total. The first kappa shape index (κ1) is 12.9. The second-order valence-electron chi connectivity index (χ2n) is 3.25. The minimum atomic E-state index is -4.20. The minimum absolute atomic E-state index is 0.0887. The Hall–Kier alpha value is -1.17. The van der Waals surface area contributed by atoms with Gasteiger partial charge in [0.15, 0.2) is 0 Å². The van der Waals surface area contributed by atoms with E-state index in [2.05, 4.69) is 5.32 Å². The largest absolute Gasteiger partial charge is 0.326 e. The van der Waals surface area contributed by atoms with E-state index in [1.807, 2.05) is 0 Å². The summed E-state index contributed by atoms with van der Waals surface area (Å²) in [5.74, 6) is -4.81. The highest BCUT2D eigenvalue weighted by Gasteiger charge is 2.48. The molecule has 0 aliphatic carbocycles. The topological polar surface area (TPSA) is 12.0 Å². The maximum Gasteiger partial charge on any atom is 0.326 e. The summed E-state index contributed by atoms with van der Waals surface area (Å²) >= 11 is 0. The van der Waals surface area contributed by atoms with Crippen LogP contribution in [-0.2, 0) is 0 Å². The number of rotatable bonds is 4. The first-order valence-corrected chi connectivity index (χ1v) is 4.48. The number of halogens is 5. The molecule has 16 heavy (non-hydrogen) atoms. The molecule has 0 amide bonds. The zero-order valence-electron chi connectivity index (χ0n) is 8.35. The lowest BCUT2D eigenvalue weighted by Crippen LogP contribution is -2.41. The van der Waals surface area contributed by atoms with Gasteiger partial charge in [0.25, 0.3) is 0 Å². The first-order chi connectivity index (χ1) is 7.39. The van der Waals surface area contributed by atoms with Gasteiger partial charge in [0, 0.05) is 0 Å². The quantitative estimate of drug-likeness (QED) is 0.796. The van der Waals surface area contributed by atoms with Crippen molar-refractivity contribution in [1.29, 1.82) is 0 Å². The monoisotopic (exact) mass is 239 g/mol. The summed E-state index contributed by atoms with van der Waals surface area (Å²) in [5.41, 5.74) is -0.0887. The smallest absolute Gasteiger partial charge is 0.308 e. The highest BCUT2D eigenvalue weighted by molar-refractivity contribution is 5.22. The standard InChI is InChI=1S/C10H10F5N/c1-16-8(10(14,15)9(12)13)6-2-4-7(11)5-3-6/h2-5,8-9,16H,1H3. The molecule has 0 aliphatic rings. The molecule has 1 N–H and O–H groups in total. The van der Waals surface area contributed by atoms with Gasteiger partial charge >= 0.3 is 12.3 Å². The molecule has 0 aliphatic heterocycles. The van der Waals surface area contributed by atoms with Gasteiger partial charge in [-0.1, -0.05) is 12.1 Å². The molecule has 1 rings (SSSR count). The summed E-state index contributed by atoms with van der Waals surface area (Å²) < 4.78 is 63.0.